The molecule has 1 N–H and O–H groups in total. The first-order chi connectivity index (χ1) is 24.6. The Labute approximate surface area is 315 Å². The maximum atomic E-state index is 6.11. The third-order valence-corrected chi connectivity index (χ3v) is 8.09. The molecule has 0 aliphatic carbocycles. The lowest BCUT2D eigenvalue weighted by Crippen LogP contribution is -2.07. The van der Waals surface area contributed by atoms with Crippen molar-refractivity contribution in [2.45, 2.75) is 210 Å². The van der Waals surface area contributed by atoms with Gasteiger partial charge in [0.25, 0.3) is 0 Å². The standard InChI is InChI=1S/C35H61NO2.C6H12.C4H10.C2H6/c1-4-6-8-10-12-13-14-15-16-17-18-19-20-22-24-26-28-38-35-30-33(32-36-3)29-34(31-35)37-27-25-23-21-11-9-7-5-2;1-3-5-6-4-2;1-3-4-2;1-2/h12-13,15-16,29-31,36H,4-11,14,17-28,32H2,1-3H3;5-6H,3-4H2,1-2H3;3-4H2,1-2H3;1-2H3/b13-12-,16-15-;6-5-;;. The van der Waals surface area contributed by atoms with E-state index < -0.39 is 0 Å². The first-order valence-electron chi connectivity index (χ1n) is 21.6. The molecule has 0 aromatic heterocycles. The van der Waals surface area contributed by atoms with Crippen molar-refractivity contribution in [3.63, 3.8) is 0 Å². The summed E-state index contributed by atoms with van der Waals surface area (Å²) in [4.78, 5) is 0. The normalized spacial score (nSPS) is 10.8. The molecule has 0 saturated heterocycles. The van der Waals surface area contributed by atoms with Crippen molar-refractivity contribution in [3.8, 4) is 11.5 Å². The van der Waals surface area contributed by atoms with Crippen LogP contribution in [0.3, 0.4) is 0 Å². The van der Waals surface area contributed by atoms with Gasteiger partial charge in [-0.15, -0.1) is 0 Å². The first-order valence-corrected chi connectivity index (χ1v) is 21.6. The largest absolute Gasteiger partial charge is 0.493 e. The fourth-order valence-corrected chi connectivity index (χ4v) is 4.97. The smallest absolute Gasteiger partial charge is 0.123 e. The van der Waals surface area contributed by atoms with E-state index in [0.717, 1.165) is 50.5 Å². The van der Waals surface area contributed by atoms with Crippen LogP contribution in [0.25, 0.3) is 0 Å². The van der Waals surface area contributed by atoms with Gasteiger partial charge < -0.3 is 14.8 Å². The molecule has 0 heterocycles. The van der Waals surface area contributed by atoms with Crippen molar-refractivity contribution in [1.29, 1.82) is 0 Å². The molecule has 0 aliphatic rings. The summed E-state index contributed by atoms with van der Waals surface area (Å²) in [6.45, 7) is 19.6. The average Bonchev–Trinajstić information content (AvgIpc) is 3.14. The number of ether oxygens (including phenoxy) is 2. The number of hydrogen-bond donors (Lipinski definition) is 1. The molecule has 0 bridgehead atoms. The molecule has 1 aromatic rings. The van der Waals surface area contributed by atoms with Crippen LogP contribution >= 0.6 is 0 Å². The summed E-state index contributed by atoms with van der Waals surface area (Å²) in [5, 5.41) is 3.25. The Morgan fingerprint density at radius 2 is 0.860 bits per heavy atom. The number of allylic oxidation sites excluding steroid dienone is 6. The average molecular weight is 700 g/mol. The minimum absolute atomic E-state index is 0.787. The molecule has 1 rings (SSSR count). The highest BCUT2D eigenvalue weighted by molar-refractivity contribution is 5.38. The van der Waals surface area contributed by atoms with E-state index in [1.165, 1.54) is 134 Å². The van der Waals surface area contributed by atoms with Gasteiger partial charge >= 0.3 is 0 Å². The summed E-state index contributed by atoms with van der Waals surface area (Å²) in [5.74, 6) is 1.88. The van der Waals surface area contributed by atoms with Gasteiger partial charge in [-0.2, -0.15) is 0 Å². The van der Waals surface area contributed by atoms with E-state index in [1.807, 2.05) is 20.9 Å². The van der Waals surface area contributed by atoms with Crippen LogP contribution in [0.5, 0.6) is 11.5 Å². The lowest BCUT2D eigenvalue weighted by Gasteiger charge is -2.12. The van der Waals surface area contributed by atoms with E-state index in [0.29, 0.717) is 0 Å². The van der Waals surface area contributed by atoms with E-state index in [9.17, 15) is 0 Å². The van der Waals surface area contributed by atoms with Crippen LogP contribution in [0.1, 0.15) is 209 Å². The summed E-state index contributed by atoms with van der Waals surface area (Å²) >= 11 is 0. The molecule has 3 heteroatoms. The van der Waals surface area contributed by atoms with E-state index >= 15 is 0 Å². The molecule has 0 radical (unpaired) electrons. The third kappa shape index (κ3) is 44.0. The Morgan fingerprint density at radius 1 is 0.460 bits per heavy atom. The van der Waals surface area contributed by atoms with Gasteiger partial charge in [0.1, 0.15) is 11.5 Å². The predicted octanol–water partition coefficient (Wildman–Crippen LogP) is 15.9. The van der Waals surface area contributed by atoms with Gasteiger partial charge in [-0.1, -0.05) is 182 Å². The fraction of sp³-hybridized carbons (Fsp3) is 0.745. The molecular weight excluding hydrogens is 611 g/mol. The SMILES string of the molecule is CC.CC/C=C\CC.CCCC.CCCCC/C=C\C/C=C\CCCCCCCCOc1cc(CNC)cc(OCCCCCCCCC)c1. The molecule has 1 aromatic carbocycles. The summed E-state index contributed by atoms with van der Waals surface area (Å²) in [5.41, 5.74) is 1.22. The fourth-order valence-electron chi connectivity index (χ4n) is 4.97. The molecule has 0 spiro atoms. The summed E-state index contributed by atoms with van der Waals surface area (Å²) < 4.78 is 12.2. The second kappa shape index (κ2) is 49.1. The molecule has 0 unspecified atom stereocenters. The molecule has 0 saturated carbocycles. The maximum Gasteiger partial charge on any atom is 0.123 e. The van der Waals surface area contributed by atoms with Crippen LogP contribution in [0.2, 0.25) is 0 Å². The number of hydrogen-bond acceptors (Lipinski definition) is 3. The van der Waals surface area contributed by atoms with Crippen molar-refractivity contribution >= 4 is 0 Å². The molecule has 0 atom stereocenters. The summed E-state index contributed by atoms with van der Waals surface area (Å²) in [6, 6.07) is 6.36. The molecule has 3 nitrogen and oxygen atoms in total. The monoisotopic (exact) mass is 700 g/mol. The lowest BCUT2D eigenvalue weighted by molar-refractivity contribution is 0.289. The van der Waals surface area contributed by atoms with Gasteiger partial charge in [-0.3, -0.25) is 0 Å². The van der Waals surface area contributed by atoms with Crippen molar-refractivity contribution in [2.75, 3.05) is 20.3 Å². The number of nitrogens with one attached hydrogen (secondary N) is 1. The second-order valence-electron chi connectivity index (χ2n) is 13.0. The third-order valence-electron chi connectivity index (χ3n) is 8.09. The Morgan fingerprint density at radius 3 is 1.28 bits per heavy atom. The van der Waals surface area contributed by atoms with E-state index in [-0.39, 0.29) is 0 Å². The molecule has 50 heavy (non-hydrogen) atoms. The van der Waals surface area contributed by atoms with Crippen molar-refractivity contribution in [3.05, 3.63) is 60.2 Å². The Balaban J connectivity index is -0.00000158. The minimum atomic E-state index is 0.787. The van der Waals surface area contributed by atoms with Gasteiger partial charge in [0.05, 0.1) is 13.2 Å². The molecule has 0 aliphatic heterocycles. The number of benzene rings is 1. The van der Waals surface area contributed by atoms with Gasteiger partial charge in [0.2, 0.25) is 0 Å². The first kappa shape index (κ1) is 52.4. The minimum Gasteiger partial charge on any atom is -0.493 e. The van der Waals surface area contributed by atoms with Crippen LogP contribution in [0.15, 0.2) is 54.7 Å². The van der Waals surface area contributed by atoms with Crippen LogP contribution in [0, 0.1) is 0 Å². The van der Waals surface area contributed by atoms with Crippen LogP contribution in [0.4, 0.5) is 0 Å². The zero-order valence-corrected chi connectivity index (χ0v) is 35.4. The van der Waals surface area contributed by atoms with Crippen molar-refractivity contribution in [2.24, 2.45) is 0 Å². The lowest BCUT2D eigenvalue weighted by atomic mass is 10.1. The van der Waals surface area contributed by atoms with Gasteiger partial charge in [-0.05, 0) is 82.5 Å². The summed E-state index contributed by atoms with van der Waals surface area (Å²) in [6.07, 6.45) is 43.0. The highest BCUT2D eigenvalue weighted by Crippen LogP contribution is 2.24. The molecular formula is C47H89NO2. The predicted molar refractivity (Wildman–Crippen MR) is 229 cm³/mol. The number of unbranched alkanes of at least 4 members (excludes halogenated alkanes) is 16. The van der Waals surface area contributed by atoms with E-state index in [1.54, 1.807) is 0 Å². The van der Waals surface area contributed by atoms with Crippen LogP contribution in [-0.2, 0) is 6.54 Å². The van der Waals surface area contributed by atoms with E-state index in [4.69, 9.17) is 9.47 Å². The highest BCUT2D eigenvalue weighted by Gasteiger charge is 2.04. The zero-order chi connectivity index (χ0) is 37.6. The van der Waals surface area contributed by atoms with E-state index in [2.05, 4.69) is 102 Å². The summed E-state index contributed by atoms with van der Waals surface area (Å²) in [7, 11) is 1.98. The second-order valence-corrected chi connectivity index (χ2v) is 13.0. The van der Waals surface area contributed by atoms with Gasteiger partial charge in [0, 0.05) is 12.6 Å². The van der Waals surface area contributed by atoms with Gasteiger partial charge in [0.15, 0.2) is 0 Å². The van der Waals surface area contributed by atoms with Crippen molar-refractivity contribution < 1.29 is 9.47 Å². The Kier molecular flexibility index (Phi) is 51.4. The Bertz CT molecular complexity index is 820. The maximum absolute atomic E-state index is 6.11. The zero-order valence-electron chi connectivity index (χ0n) is 35.4. The Hall–Kier alpha value is -2.00. The van der Waals surface area contributed by atoms with Gasteiger partial charge in [-0.25, -0.2) is 0 Å². The highest BCUT2D eigenvalue weighted by atomic mass is 16.5. The molecule has 0 amide bonds. The number of rotatable bonds is 30. The molecule has 0 fully saturated rings. The van der Waals surface area contributed by atoms with Crippen molar-refractivity contribution in [1.82, 2.24) is 5.32 Å². The topological polar surface area (TPSA) is 30.5 Å². The van der Waals surface area contributed by atoms with Crippen LogP contribution < -0.4 is 14.8 Å². The van der Waals surface area contributed by atoms with Crippen LogP contribution in [-0.4, -0.2) is 20.3 Å². The molecule has 294 valence electrons. The quantitative estimate of drug-likeness (QED) is 0.0640.